The van der Waals surface area contributed by atoms with E-state index < -0.39 is 0 Å². The molecule has 2 nitrogen and oxygen atoms in total. The minimum atomic E-state index is 0. The van der Waals surface area contributed by atoms with Crippen LogP contribution in [0, 0.1) is 5.92 Å². The SMILES string of the molecule is C[C@@H]1CN(CC2CCCCC2)C[C@H](C)N1C(=S)[S-].[Na+]. The van der Waals surface area contributed by atoms with Gasteiger partial charge in [0.25, 0.3) is 0 Å². The Morgan fingerprint density at radius 1 is 1.11 bits per heavy atom. The molecule has 0 aromatic rings. The Bertz CT molecular complexity index is 283. The first kappa shape index (κ1) is 18.1. The summed E-state index contributed by atoms with van der Waals surface area (Å²) in [6.45, 7) is 8.03. The first-order valence-corrected chi connectivity index (χ1v) is 8.11. The van der Waals surface area contributed by atoms with Crippen LogP contribution in [0.2, 0.25) is 0 Å². The molecule has 0 radical (unpaired) electrons. The van der Waals surface area contributed by atoms with E-state index in [2.05, 4.69) is 23.6 Å². The molecule has 2 rings (SSSR count). The molecule has 2 atom stereocenters. The molecule has 1 aliphatic carbocycles. The Hall–Kier alpha value is 1.07. The Morgan fingerprint density at radius 3 is 2.11 bits per heavy atom. The van der Waals surface area contributed by atoms with Crippen molar-refractivity contribution in [2.24, 2.45) is 5.92 Å². The normalized spacial score (nSPS) is 29.9. The number of piperazine rings is 1. The summed E-state index contributed by atoms with van der Waals surface area (Å²) in [6.07, 6.45) is 7.18. The van der Waals surface area contributed by atoms with Gasteiger partial charge in [-0.1, -0.05) is 23.6 Å². The summed E-state index contributed by atoms with van der Waals surface area (Å²) in [7, 11) is 0. The predicted octanol–water partition coefficient (Wildman–Crippen LogP) is -0.203. The van der Waals surface area contributed by atoms with Gasteiger partial charge in [-0.2, -0.15) is 0 Å². The summed E-state index contributed by atoms with van der Waals surface area (Å²) in [5.74, 6) is 0.931. The van der Waals surface area contributed by atoms with Crippen LogP contribution in [0.3, 0.4) is 0 Å². The van der Waals surface area contributed by atoms with Gasteiger partial charge in [-0.15, -0.1) is 0 Å². The minimum Gasteiger partial charge on any atom is -0.411 e. The molecule has 1 saturated heterocycles. The fourth-order valence-corrected chi connectivity index (χ4v) is 4.40. The molecule has 0 N–H and O–H groups in total. The van der Waals surface area contributed by atoms with Crippen LogP contribution in [-0.2, 0) is 12.6 Å². The smallest absolute Gasteiger partial charge is 0.411 e. The maximum absolute atomic E-state index is 5.19. The van der Waals surface area contributed by atoms with Crippen molar-refractivity contribution in [1.82, 2.24) is 9.80 Å². The molecule has 2 aliphatic rings. The zero-order valence-corrected chi connectivity index (χ0v) is 16.2. The third-order valence-electron chi connectivity index (χ3n) is 4.45. The fourth-order valence-electron chi connectivity index (χ4n) is 3.68. The van der Waals surface area contributed by atoms with E-state index in [1.54, 1.807) is 0 Å². The second kappa shape index (κ2) is 8.50. The topological polar surface area (TPSA) is 6.48 Å². The van der Waals surface area contributed by atoms with E-state index in [0.717, 1.165) is 19.0 Å². The van der Waals surface area contributed by atoms with Crippen molar-refractivity contribution in [2.45, 2.75) is 58.0 Å². The van der Waals surface area contributed by atoms with Gasteiger partial charge in [-0.05, 0) is 32.6 Å². The van der Waals surface area contributed by atoms with Crippen LogP contribution in [0.4, 0.5) is 0 Å². The molecule has 0 aromatic carbocycles. The standard InChI is InChI=1S/C14H26N2S2.Na/c1-11-8-15(9-12(2)16(11)14(17)18)10-13-6-4-3-5-7-13;/h11-13H,3-10H2,1-2H3,(H,17,18);/q;+1/p-1/t11-,12+;. The number of nitrogens with zero attached hydrogens (tertiary/aromatic N) is 2. The third-order valence-corrected chi connectivity index (χ3v) is 4.87. The van der Waals surface area contributed by atoms with E-state index in [4.69, 9.17) is 24.8 Å². The second-order valence-electron chi connectivity index (χ2n) is 6.09. The van der Waals surface area contributed by atoms with Crippen molar-refractivity contribution in [1.29, 1.82) is 0 Å². The van der Waals surface area contributed by atoms with Crippen LogP contribution in [-0.4, -0.2) is 45.8 Å². The summed E-state index contributed by atoms with van der Waals surface area (Å²) in [4.78, 5) is 4.87. The van der Waals surface area contributed by atoms with Crippen LogP contribution in [0.5, 0.6) is 0 Å². The molecule has 0 amide bonds. The summed E-state index contributed by atoms with van der Waals surface area (Å²) in [5.41, 5.74) is 0. The van der Waals surface area contributed by atoms with E-state index in [-0.39, 0.29) is 29.6 Å². The molecule has 5 heteroatoms. The molecular weight excluding hydrogens is 283 g/mol. The van der Waals surface area contributed by atoms with Crippen molar-refractivity contribution >= 4 is 29.2 Å². The number of hydrogen-bond donors (Lipinski definition) is 0. The Balaban J connectivity index is 0.00000180. The maximum atomic E-state index is 5.19. The third kappa shape index (κ3) is 5.08. The van der Waals surface area contributed by atoms with E-state index in [1.165, 1.54) is 38.6 Å². The van der Waals surface area contributed by atoms with Crippen molar-refractivity contribution in [3.8, 4) is 0 Å². The van der Waals surface area contributed by atoms with Gasteiger partial charge in [0, 0.05) is 31.7 Å². The second-order valence-corrected chi connectivity index (χ2v) is 7.13. The molecule has 1 saturated carbocycles. The fraction of sp³-hybridized carbons (Fsp3) is 0.929. The van der Waals surface area contributed by atoms with E-state index in [0.29, 0.717) is 16.4 Å². The van der Waals surface area contributed by atoms with Gasteiger partial charge < -0.3 is 29.7 Å². The molecule has 1 heterocycles. The minimum absolute atomic E-state index is 0. The predicted molar refractivity (Wildman–Crippen MR) is 83.7 cm³/mol. The van der Waals surface area contributed by atoms with Gasteiger partial charge in [-0.3, -0.25) is 4.90 Å². The molecule has 19 heavy (non-hydrogen) atoms. The molecule has 1 aliphatic heterocycles. The van der Waals surface area contributed by atoms with Crippen LogP contribution in [0.15, 0.2) is 0 Å². The van der Waals surface area contributed by atoms with Crippen molar-refractivity contribution < 1.29 is 29.6 Å². The van der Waals surface area contributed by atoms with E-state index in [1.807, 2.05) is 0 Å². The van der Waals surface area contributed by atoms with Gasteiger partial charge >= 0.3 is 29.6 Å². The summed E-state index contributed by atoms with van der Waals surface area (Å²) >= 11 is 10.4. The zero-order chi connectivity index (χ0) is 13.1. The van der Waals surface area contributed by atoms with Crippen LogP contribution >= 0.6 is 12.2 Å². The average molecular weight is 308 g/mol. The van der Waals surface area contributed by atoms with Crippen LogP contribution in [0.1, 0.15) is 46.0 Å². The Labute approximate surface area is 151 Å². The van der Waals surface area contributed by atoms with Gasteiger partial charge in [0.1, 0.15) is 0 Å². The summed E-state index contributed by atoms with van der Waals surface area (Å²) < 4.78 is 0.646. The molecule has 0 spiro atoms. The largest absolute Gasteiger partial charge is 1.00 e. The van der Waals surface area contributed by atoms with Gasteiger partial charge in [0.05, 0.1) is 0 Å². The Kier molecular flexibility index (Phi) is 8.10. The Morgan fingerprint density at radius 2 is 1.63 bits per heavy atom. The first-order chi connectivity index (χ1) is 8.58. The molecule has 104 valence electrons. The number of thiocarbonyl (C=S) groups is 1. The summed E-state index contributed by atoms with van der Waals surface area (Å²) in [5, 5.41) is 0. The van der Waals surface area contributed by atoms with Crippen LogP contribution < -0.4 is 29.6 Å². The van der Waals surface area contributed by atoms with Gasteiger partial charge in [-0.25, -0.2) is 0 Å². The van der Waals surface area contributed by atoms with Crippen LogP contribution in [0.25, 0.3) is 0 Å². The zero-order valence-electron chi connectivity index (χ0n) is 12.6. The molecule has 2 fully saturated rings. The average Bonchev–Trinajstić information content (AvgIpc) is 2.28. The number of rotatable bonds is 2. The van der Waals surface area contributed by atoms with Crippen molar-refractivity contribution in [2.75, 3.05) is 19.6 Å². The van der Waals surface area contributed by atoms with E-state index in [9.17, 15) is 0 Å². The molecule has 0 aromatic heterocycles. The van der Waals surface area contributed by atoms with Gasteiger partial charge in [0.2, 0.25) is 0 Å². The first-order valence-electron chi connectivity index (χ1n) is 7.29. The molecule has 0 bridgehead atoms. The summed E-state index contributed by atoms with van der Waals surface area (Å²) in [6, 6.07) is 0.949. The molecule has 0 unspecified atom stereocenters. The monoisotopic (exact) mass is 308 g/mol. The van der Waals surface area contributed by atoms with Crippen molar-refractivity contribution in [3.63, 3.8) is 0 Å². The molecular formula is C14H25N2NaS2. The quantitative estimate of drug-likeness (QED) is 0.396. The van der Waals surface area contributed by atoms with E-state index >= 15 is 0 Å². The van der Waals surface area contributed by atoms with Crippen molar-refractivity contribution in [3.05, 3.63) is 0 Å². The van der Waals surface area contributed by atoms with Gasteiger partial charge in [0.15, 0.2) is 0 Å². The number of hydrogen-bond acceptors (Lipinski definition) is 3. The maximum Gasteiger partial charge on any atom is 1.00 e.